The van der Waals surface area contributed by atoms with Gasteiger partial charge in [-0.2, -0.15) is 0 Å². The van der Waals surface area contributed by atoms with Gasteiger partial charge in [0.15, 0.2) is 23.0 Å². The van der Waals surface area contributed by atoms with Gasteiger partial charge in [0.2, 0.25) is 0 Å². The quantitative estimate of drug-likeness (QED) is 0.666. The van der Waals surface area contributed by atoms with Gasteiger partial charge >= 0.3 is 5.97 Å². The molecular weight excluding hydrogens is 374 g/mol. The number of ether oxygens (including phenoxy) is 5. The fourth-order valence-corrected chi connectivity index (χ4v) is 3.50. The summed E-state index contributed by atoms with van der Waals surface area (Å²) >= 11 is 0. The SMILES string of the molecule is COC(=O)C1CN=C(Cc2ccc(OC)c(OC)c2)c2cc(OC)c(OC)cc21. The summed E-state index contributed by atoms with van der Waals surface area (Å²) in [5.74, 6) is 1.65. The number of nitrogens with zero attached hydrogens (tertiary/aromatic N) is 1. The molecule has 7 nitrogen and oxygen atoms in total. The zero-order chi connectivity index (χ0) is 21.0. The van der Waals surface area contributed by atoms with Crippen molar-refractivity contribution < 1.29 is 28.5 Å². The van der Waals surface area contributed by atoms with Crippen LogP contribution in [-0.2, 0) is 16.0 Å². The van der Waals surface area contributed by atoms with E-state index in [1.165, 1.54) is 7.11 Å². The van der Waals surface area contributed by atoms with E-state index in [2.05, 4.69) is 0 Å². The summed E-state index contributed by atoms with van der Waals surface area (Å²) in [6.45, 7) is 0.317. The first-order valence-corrected chi connectivity index (χ1v) is 9.14. The van der Waals surface area contributed by atoms with Gasteiger partial charge in [-0.15, -0.1) is 0 Å². The van der Waals surface area contributed by atoms with Crippen molar-refractivity contribution in [3.8, 4) is 23.0 Å². The molecule has 154 valence electrons. The first-order valence-electron chi connectivity index (χ1n) is 9.14. The fourth-order valence-electron chi connectivity index (χ4n) is 3.50. The Morgan fingerprint density at radius 2 is 1.52 bits per heavy atom. The molecule has 0 aliphatic carbocycles. The number of fused-ring (bicyclic) bond motifs is 1. The van der Waals surface area contributed by atoms with Crippen molar-refractivity contribution >= 4 is 11.7 Å². The Bertz CT molecular complexity index is 937. The zero-order valence-corrected chi connectivity index (χ0v) is 17.3. The van der Waals surface area contributed by atoms with Crippen LogP contribution in [0.1, 0.15) is 22.6 Å². The smallest absolute Gasteiger partial charge is 0.315 e. The predicted molar refractivity (Wildman–Crippen MR) is 109 cm³/mol. The molecule has 29 heavy (non-hydrogen) atoms. The molecule has 3 rings (SSSR count). The molecule has 1 aliphatic heterocycles. The number of rotatable bonds is 7. The third-order valence-corrected chi connectivity index (χ3v) is 5.01. The second kappa shape index (κ2) is 8.86. The number of benzene rings is 2. The Labute approximate surface area is 170 Å². The number of methoxy groups -OCH3 is 5. The highest BCUT2D eigenvalue weighted by Crippen LogP contribution is 2.38. The van der Waals surface area contributed by atoms with Crippen LogP contribution < -0.4 is 18.9 Å². The number of carbonyl (C=O) groups excluding carboxylic acids is 1. The van der Waals surface area contributed by atoms with Gasteiger partial charge in [0.05, 0.1) is 42.1 Å². The Morgan fingerprint density at radius 3 is 2.14 bits per heavy atom. The monoisotopic (exact) mass is 399 g/mol. The zero-order valence-electron chi connectivity index (χ0n) is 17.3. The maximum absolute atomic E-state index is 12.3. The third kappa shape index (κ3) is 3.99. The molecule has 0 amide bonds. The number of hydrogen-bond donors (Lipinski definition) is 0. The molecule has 0 fully saturated rings. The van der Waals surface area contributed by atoms with Crippen LogP contribution in [-0.4, -0.2) is 53.8 Å². The topological polar surface area (TPSA) is 75.6 Å². The van der Waals surface area contributed by atoms with E-state index >= 15 is 0 Å². The Kier molecular flexibility index (Phi) is 6.26. The average Bonchev–Trinajstić information content (AvgIpc) is 2.77. The predicted octanol–water partition coefficient (Wildman–Crippen LogP) is 3.02. The van der Waals surface area contributed by atoms with E-state index in [0.29, 0.717) is 36.0 Å². The van der Waals surface area contributed by atoms with Crippen molar-refractivity contribution in [1.82, 2.24) is 0 Å². The van der Waals surface area contributed by atoms with Crippen LogP contribution in [0.2, 0.25) is 0 Å². The van der Waals surface area contributed by atoms with Gasteiger partial charge in [-0.25, -0.2) is 0 Å². The van der Waals surface area contributed by atoms with E-state index < -0.39 is 5.92 Å². The molecule has 0 saturated heterocycles. The Balaban J connectivity index is 2.04. The van der Waals surface area contributed by atoms with Crippen LogP contribution in [0.15, 0.2) is 35.3 Å². The molecule has 0 saturated carbocycles. The van der Waals surface area contributed by atoms with Gasteiger partial charge in [0, 0.05) is 17.7 Å². The highest BCUT2D eigenvalue weighted by Gasteiger charge is 2.31. The van der Waals surface area contributed by atoms with Crippen LogP contribution in [0.3, 0.4) is 0 Å². The van der Waals surface area contributed by atoms with Crippen LogP contribution in [0.25, 0.3) is 0 Å². The van der Waals surface area contributed by atoms with Gasteiger partial charge in [0.25, 0.3) is 0 Å². The molecule has 1 aliphatic rings. The average molecular weight is 399 g/mol. The summed E-state index contributed by atoms with van der Waals surface area (Å²) in [6, 6.07) is 9.46. The van der Waals surface area contributed by atoms with E-state index in [-0.39, 0.29) is 5.97 Å². The minimum Gasteiger partial charge on any atom is -0.493 e. The van der Waals surface area contributed by atoms with Gasteiger partial charge in [0.1, 0.15) is 5.92 Å². The lowest BCUT2D eigenvalue weighted by Crippen LogP contribution is -2.26. The minimum atomic E-state index is -0.482. The number of hydrogen-bond acceptors (Lipinski definition) is 7. The van der Waals surface area contributed by atoms with Gasteiger partial charge in [-0.1, -0.05) is 6.07 Å². The summed E-state index contributed by atoms with van der Waals surface area (Å²) in [5.41, 5.74) is 3.53. The molecular formula is C22H25NO6. The van der Waals surface area contributed by atoms with Crippen molar-refractivity contribution in [3.63, 3.8) is 0 Å². The molecule has 1 atom stereocenters. The lowest BCUT2D eigenvalue weighted by atomic mass is 9.86. The van der Waals surface area contributed by atoms with Crippen molar-refractivity contribution in [2.75, 3.05) is 42.1 Å². The number of esters is 1. The van der Waals surface area contributed by atoms with Gasteiger partial charge in [-0.05, 0) is 35.4 Å². The molecule has 0 bridgehead atoms. The van der Waals surface area contributed by atoms with E-state index in [1.807, 2.05) is 30.3 Å². The van der Waals surface area contributed by atoms with Gasteiger partial charge in [-0.3, -0.25) is 9.79 Å². The normalized spacial score (nSPS) is 15.1. The second-order valence-electron chi connectivity index (χ2n) is 6.52. The molecule has 1 unspecified atom stereocenters. The maximum Gasteiger partial charge on any atom is 0.315 e. The van der Waals surface area contributed by atoms with Gasteiger partial charge < -0.3 is 23.7 Å². The molecule has 2 aromatic carbocycles. The molecule has 2 aromatic rings. The molecule has 0 radical (unpaired) electrons. The lowest BCUT2D eigenvalue weighted by Gasteiger charge is -2.25. The number of aliphatic imine (C=N–C) groups is 1. The molecule has 0 aromatic heterocycles. The van der Waals surface area contributed by atoms with E-state index in [0.717, 1.165) is 22.4 Å². The van der Waals surface area contributed by atoms with Crippen molar-refractivity contribution in [2.45, 2.75) is 12.3 Å². The highest BCUT2D eigenvalue weighted by atomic mass is 16.5. The fraction of sp³-hybridized carbons (Fsp3) is 0.364. The van der Waals surface area contributed by atoms with Crippen LogP contribution in [0.4, 0.5) is 0 Å². The molecule has 7 heteroatoms. The minimum absolute atomic E-state index is 0.317. The van der Waals surface area contributed by atoms with Crippen molar-refractivity contribution in [2.24, 2.45) is 4.99 Å². The van der Waals surface area contributed by atoms with E-state index in [1.54, 1.807) is 28.4 Å². The number of carbonyl (C=O) groups is 1. The molecule has 0 spiro atoms. The largest absolute Gasteiger partial charge is 0.493 e. The summed E-state index contributed by atoms with van der Waals surface area (Å²) in [5, 5.41) is 0. The van der Waals surface area contributed by atoms with Crippen molar-refractivity contribution in [3.05, 3.63) is 47.0 Å². The maximum atomic E-state index is 12.3. The molecule has 0 N–H and O–H groups in total. The standard InChI is InChI=1S/C22H25NO6/c1-25-18-7-6-13(9-19(18)26-2)8-17-15-11-21(28-4)20(27-3)10-14(15)16(12-23-17)22(24)29-5/h6-7,9-11,16H,8,12H2,1-5H3. The van der Waals surface area contributed by atoms with Crippen LogP contribution in [0.5, 0.6) is 23.0 Å². The van der Waals surface area contributed by atoms with Crippen LogP contribution >= 0.6 is 0 Å². The van der Waals surface area contributed by atoms with E-state index in [4.69, 9.17) is 28.7 Å². The lowest BCUT2D eigenvalue weighted by molar-refractivity contribution is -0.142. The van der Waals surface area contributed by atoms with Crippen molar-refractivity contribution in [1.29, 1.82) is 0 Å². The Morgan fingerprint density at radius 1 is 0.897 bits per heavy atom. The highest BCUT2D eigenvalue weighted by molar-refractivity contribution is 6.06. The summed E-state index contributed by atoms with van der Waals surface area (Å²) in [6.07, 6.45) is 0.566. The summed E-state index contributed by atoms with van der Waals surface area (Å²) in [4.78, 5) is 17.0. The summed E-state index contributed by atoms with van der Waals surface area (Å²) in [7, 11) is 7.74. The third-order valence-electron chi connectivity index (χ3n) is 5.01. The Hall–Kier alpha value is -3.22. The first-order chi connectivity index (χ1) is 14.1. The van der Waals surface area contributed by atoms with Crippen LogP contribution in [0, 0.1) is 0 Å². The second-order valence-corrected chi connectivity index (χ2v) is 6.52. The van der Waals surface area contributed by atoms with E-state index in [9.17, 15) is 4.79 Å². The molecule has 1 heterocycles. The summed E-state index contributed by atoms with van der Waals surface area (Å²) < 4.78 is 26.6. The first kappa shape index (κ1) is 20.5.